The van der Waals surface area contributed by atoms with E-state index < -0.39 is 11.7 Å². The largest absolute Gasteiger partial charge is 0.416 e. The van der Waals surface area contributed by atoms with Crippen LogP contribution in [0.4, 0.5) is 13.2 Å². The van der Waals surface area contributed by atoms with E-state index in [1.165, 1.54) is 12.1 Å². The summed E-state index contributed by atoms with van der Waals surface area (Å²) in [6.45, 7) is 4.12. The molecule has 1 nitrogen and oxygen atoms in total. The van der Waals surface area contributed by atoms with Gasteiger partial charge in [0.2, 0.25) is 0 Å². The normalized spacial score (nSPS) is 18.5. The van der Waals surface area contributed by atoms with E-state index in [-0.39, 0.29) is 6.04 Å². The fourth-order valence-electron chi connectivity index (χ4n) is 3.29. The highest BCUT2D eigenvalue weighted by atomic mass is 19.4. The summed E-state index contributed by atoms with van der Waals surface area (Å²) in [5.74, 6) is 0. The molecular weight excluding hydrogens is 275 g/mol. The van der Waals surface area contributed by atoms with Gasteiger partial charge in [-0.3, -0.25) is 0 Å². The summed E-state index contributed by atoms with van der Waals surface area (Å²) in [5, 5.41) is 5.14. The quantitative estimate of drug-likeness (QED) is 0.869. The molecule has 0 radical (unpaired) electrons. The van der Waals surface area contributed by atoms with E-state index in [1.54, 1.807) is 6.07 Å². The molecule has 3 rings (SSSR count). The van der Waals surface area contributed by atoms with Gasteiger partial charge < -0.3 is 5.32 Å². The molecule has 1 unspecified atom stereocenters. The fourth-order valence-corrected chi connectivity index (χ4v) is 3.29. The zero-order chi connectivity index (χ0) is 15.2. The lowest BCUT2D eigenvalue weighted by Gasteiger charge is -2.28. The summed E-state index contributed by atoms with van der Waals surface area (Å²) in [5.41, 5.74) is 1.40. The molecule has 0 heterocycles. The average molecular weight is 293 g/mol. The van der Waals surface area contributed by atoms with Crippen LogP contribution in [0, 0.1) is 0 Å². The summed E-state index contributed by atoms with van der Waals surface area (Å²) in [7, 11) is 0. The lowest BCUT2D eigenvalue weighted by atomic mass is 9.84. The van der Waals surface area contributed by atoms with Crippen molar-refractivity contribution in [3.05, 3.63) is 47.0 Å². The summed E-state index contributed by atoms with van der Waals surface area (Å²) in [6, 6.07) is 8.74. The zero-order valence-electron chi connectivity index (χ0n) is 12.1. The number of nitrogens with one attached hydrogen (secondary N) is 1. The van der Waals surface area contributed by atoms with Gasteiger partial charge in [-0.05, 0) is 46.9 Å². The third kappa shape index (κ3) is 2.77. The molecule has 1 aliphatic carbocycles. The Kier molecular flexibility index (Phi) is 3.44. The van der Waals surface area contributed by atoms with Crippen molar-refractivity contribution in [3.8, 4) is 0 Å². The maximum absolute atomic E-state index is 13.0. The molecule has 2 aromatic rings. The average Bonchev–Trinajstić information content (AvgIpc) is 2.36. The lowest BCUT2D eigenvalue weighted by molar-refractivity contribution is -0.137. The van der Waals surface area contributed by atoms with Crippen LogP contribution in [0.2, 0.25) is 0 Å². The number of rotatable bonds is 2. The molecule has 4 heteroatoms. The molecule has 112 valence electrons. The molecule has 0 saturated carbocycles. The van der Waals surface area contributed by atoms with Crippen molar-refractivity contribution in [1.29, 1.82) is 0 Å². The topological polar surface area (TPSA) is 12.0 Å². The van der Waals surface area contributed by atoms with Crippen molar-refractivity contribution in [3.63, 3.8) is 0 Å². The number of benzene rings is 2. The minimum Gasteiger partial charge on any atom is -0.311 e. The third-order valence-corrected chi connectivity index (χ3v) is 3.97. The Balaban J connectivity index is 2.12. The van der Waals surface area contributed by atoms with Crippen molar-refractivity contribution in [2.45, 2.75) is 44.9 Å². The zero-order valence-corrected chi connectivity index (χ0v) is 12.1. The number of hydrogen-bond donors (Lipinski definition) is 1. The molecule has 2 aromatic carbocycles. The van der Waals surface area contributed by atoms with Crippen LogP contribution in [-0.2, 0) is 19.0 Å². The van der Waals surface area contributed by atoms with Crippen LogP contribution in [0.15, 0.2) is 30.3 Å². The van der Waals surface area contributed by atoms with E-state index in [1.807, 2.05) is 12.1 Å². The predicted octanol–water partition coefficient (Wildman–Crippen LogP) is 4.32. The first-order valence-electron chi connectivity index (χ1n) is 7.22. The molecule has 1 aliphatic rings. The van der Waals surface area contributed by atoms with Gasteiger partial charge >= 0.3 is 6.18 Å². The second-order valence-corrected chi connectivity index (χ2v) is 6.07. The number of alkyl halides is 3. The highest BCUT2D eigenvalue weighted by Gasteiger charge is 2.32. The highest BCUT2D eigenvalue weighted by molar-refractivity contribution is 5.90. The van der Waals surface area contributed by atoms with E-state index in [2.05, 4.69) is 19.2 Å². The van der Waals surface area contributed by atoms with Crippen LogP contribution >= 0.6 is 0 Å². The summed E-state index contributed by atoms with van der Waals surface area (Å²) in [4.78, 5) is 0. The number of hydrogen-bond acceptors (Lipinski definition) is 1. The SMILES string of the molecule is CC(C)NC1Cc2cccc3cc(C(F)(F)F)cc(c23)C1. The molecule has 0 spiro atoms. The molecule has 0 saturated heterocycles. The first kappa shape index (κ1) is 14.4. The first-order valence-corrected chi connectivity index (χ1v) is 7.22. The molecule has 21 heavy (non-hydrogen) atoms. The van der Waals surface area contributed by atoms with Crippen molar-refractivity contribution in [2.75, 3.05) is 0 Å². The van der Waals surface area contributed by atoms with Crippen LogP contribution in [0.3, 0.4) is 0 Å². The fraction of sp³-hybridized carbons (Fsp3) is 0.412. The Bertz CT molecular complexity index is 674. The molecule has 0 amide bonds. The lowest BCUT2D eigenvalue weighted by Crippen LogP contribution is -2.39. The highest BCUT2D eigenvalue weighted by Crippen LogP contribution is 2.37. The Morgan fingerprint density at radius 3 is 2.48 bits per heavy atom. The van der Waals surface area contributed by atoms with Gasteiger partial charge in [0, 0.05) is 12.1 Å². The molecule has 0 aromatic heterocycles. The Labute approximate surface area is 122 Å². The van der Waals surface area contributed by atoms with E-state index >= 15 is 0 Å². The van der Waals surface area contributed by atoms with Crippen molar-refractivity contribution >= 4 is 10.8 Å². The molecule has 1 N–H and O–H groups in total. The summed E-state index contributed by atoms with van der Waals surface area (Å²) >= 11 is 0. The minimum absolute atomic E-state index is 0.201. The van der Waals surface area contributed by atoms with Gasteiger partial charge in [-0.15, -0.1) is 0 Å². The molecular formula is C17H18F3N. The van der Waals surface area contributed by atoms with E-state index in [4.69, 9.17) is 0 Å². The van der Waals surface area contributed by atoms with E-state index in [0.29, 0.717) is 17.8 Å². The number of halogens is 3. The first-order chi connectivity index (χ1) is 9.84. The van der Waals surface area contributed by atoms with Crippen LogP contribution in [-0.4, -0.2) is 12.1 Å². The second-order valence-electron chi connectivity index (χ2n) is 6.07. The van der Waals surface area contributed by atoms with Gasteiger partial charge in [0.1, 0.15) is 0 Å². The van der Waals surface area contributed by atoms with Crippen LogP contribution in [0.1, 0.15) is 30.5 Å². The molecule has 0 aliphatic heterocycles. The smallest absolute Gasteiger partial charge is 0.311 e. The maximum Gasteiger partial charge on any atom is 0.416 e. The summed E-state index contributed by atoms with van der Waals surface area (Å²) < 4.78 is 39.1. The Morgan fingerprint density at radius 1 is 1.10 bits per heavy atom. The Hall–Kier alpha value is -1.55. The summed E-state index contributed by atoms with van der Waals surface area (Å²) in [6.07, 6.45) is -2.78. The van der Waals surface area contributed by atoms with Gasteiger partial charge in [-0.2, -0.15) is 13.2 Å². The van der Waals surface area contributed by atoms with Gasteiger partial charge in [-0.1, -0.05) is 32.0 Å². The van der Waals surface area contributed by atoms with Gasteiger partial charge in [0.05, 0.1) is 5.56 Å². The van der Waals surface area contributed by atoms with Crippen molar-refractivity contribution in [1.82, 2.24) is 5.32 Å². The van der Waals surface area contributed by atoms with Gasteiger partial charge in [0.25, 0.3) is 0 Å². The second kappa shape index (κ2) is 5.02. The third-order valence-electron chi connectivity index (χ3n) is 3.97. The maximum atomic E-state index is 13.0. The van der Waals surface area contributed by atoms with E-state index in [0.717, 1.165) is 22.9 Å². The van der Waals surface area contributed by atoms with Crippen LogP contribution < -0.4 is 5.32 Å². The van der Waals surface area contributed by atoms with Crippen LogP contribution in [0.5, 0.6) is 0 Å². The van der Waals surface area contributed by atoms with Crippen molar-refractivity contribution in [2.24, 2.45) is 0 Å². The molecule has 1 atom stereocenters. The predicted molar refractivity (Wildman–Crippen MR) is 78.4 cm³/mol. The van der Waals surface area contributed by atoms with Crippen molar-refractivity contribution < 1.29 is 13.2 Å². The van der Waals surface area contributed by atoms with E-state index in [9.17, 15) is 13.2 Å². The monoisotopic (exact) mass is 293 g/mol. The molecule has 0 bridgehead atoms. The minimum atomic E-state index is -4.29. The molecule has 0 fully saturated rings. The van der Waals surface area contributed by atoms with Gasteiger partial charge in [0.15, 0.2) is 0 Å². The van der Waals surface area contributed by atoms with Gasteiger partial charge in [-0.25, -0.2) is 0 Å². The Morgan fingerprint density at radius 2 is 1.81 bits per heavy atom. The standard InChI is InChI=1S/C17H18F3N/c1-10(2)21-15-8-12-5-3-4-11-6-14(17(18,19)20)7-13(9-15)16(11)12/h3-7,10,15,21H,8-9H2,1-2H3. The van der Waals surface area contributed by atoms with Crippen LogP contribution in [0.25, 0.3) is 10.8 Å².